The van der Waals surface area contributed by atoms with Crippen LogP contribution in [-0.2, 0) is 12.8 Å². The van der Waals surface area contributed by atoms with E-state index in [0.29, 0.717) is 0 Å². The molecule has 1 unspecified atom stereocenters. The maximum atomic E-state index is 8.27. The van der Waals surface area contributed by atoms with Gasteiger partial charge in [-0.2, -0.15) is 0 Å². The molecule has 0 aliphatic rings. The van der Waals surface area contributed by atoms with Gasteiger partial charge in [0.1, 0.15) is 0 Å². The summed E-state index contributed by atoms with van der Waals surface area (Å²) in [5, 5.41) is 3.66. The molecule has 0 heterocycles. The molecule has 3 nitrogen and oxygen atoms in total. The van der Waals surface area contributed by atoms with E-state index in [4.69, 9.17) is 5.53 Å². The Kier molecular flexibility index (Phi) is 4.02. The van der Waals surface area contributed by atoms with Gasteiger partial charge in [0, 0.05) is 11.0 Å². The molecule has 74 valence electrons. The summed E-state index contributed by atoms with van der Waals surface area (Å²) in [7, 11) is 0. The third-order valence-electron chi connectivity index (χ3n) is 2.18. The predicted molar refractivity (Wildman–Crippen MR) is 58.1 cm³/mol. The zero-order chi connectivity index (χ0) is 10.4. The van der Waals surface area contributed by atoms with Crippen molar-refractivity contribution in [2.45, 2.75) is 32.7 Å². The molecule has 0 aliphatic carbocycles. The smallest absolute Gasteiger partial charge is 0.0386 e. The van der Waals surface area contributed by atoms with Crippen molar-refractivity contribution in [1.82, 2.24) is 0 Å². The quantitative estimate of drug-likeness (QED) is 0.395. The molecular weight excluding hydrogens is 174 g/mol. The van der Waals surface area contributed by atoms with Crippen LogP contribution in [0.4, 0.5) is 0 Å². The third kappa shape index (κ3) is 3.11. The number of nitrogens with zero attached hydrogens (tertiary/aromatic N) is 3. The number of rotatable bonds is 4. The summed E-state index contributed by atoms with van der Waals surface area (Å²) < 4.78 is 0. The fraction of sp³-hybridized carbons (Fsp3) is 0.455. The summed E-state index contributed by atoms with van der Waals surface area (Å²) >= 11 is 0. The monoisotopic (exact) mass is 189 g/mol. The maximum absolute atomic E-state index is 8.27. The zero-order valence-electron chi connectivity index (χ0n) is 8.64. The molecule has 0 fully saturated rings. The molecule has 1 aromatic rings. The maximum Gasteiger partial charge on any atom is 0.0386 e. The van der Waals surface area contributed by atoms with E-state index in [1.165, 1.54) is 11.1 Å². The normalized spacial score (nSPS) is 11.9. The van der Waals surface area contributed by atoms with E-state index in [9.17, 15) is 0 Å². The summed E-state index contributed by atoms with van der Waals surface area (Å²) in [6, 6.07) is 8.44. The van der Waals surface area contributed by atoms with E-state index in [2.05, 4.69) is 41.2 Å². The second kappa shape index (κ2) is 5.30. The van der Waals surface area contributed by atoms with Crippen molar-refractivity contribution < 1.29 is 0 Å². The van der Waals surface area contributed by atoms with Crippen molar-refractivity contribution in [3.05, 3.63) is 45.8 Å². The van der Waals surface area contributed by atoms with Gasteiger partial charge in [-0.3, -0.25) is 0 Å². The lowest BCUT2D eigenvalue weighted by atomic mass is 10.0. The Morgan fingerprint density at radius 2 is 2.14 bits per heavy atom. The van der Waals surface area contributed by atoms with Crippen molar-refractivity contribution in [1.29, 1.82) is 0 Å². The van der Waals surface area contributed by atoms with E-state index in [0.717, 1.165) is 12.8 Å². The van der Waals surface area contributed by atoms with Crippen LogP contribution in [0, 0.1) is 0 Å². The van der Waals surface area contributed by atoms with Crippen LogP contribution in [-0.4, -0.2) is 6.04 Å². The van der Waals surface area contributed by atoms with Crippen LogP contribution in [0.5, 0.6) is 0 Å². The minimum atomic E-state index is 0.0344. The van der Waals surface area contributed by atoms with Crippen LogP contribution < -0.4 is 0 Å². The van der Waals surface area contributed by atoms with Crippen LogP contribution in [0.2, 0.25) is 0 Å². The van der Waals surface area contributed by atoms with Gasteiger partial charge in [-0.15, -0.1) is 0 Å². The van der Waals surface area contributed by atoms with Gasteiger partial charge >= 0.3 is 0 Å². The van der Waals surface area contributed by atoms with Crippen LogP contribution in [0.1, 0.15) is 25.0 Å². The van der Waals surface area contributed by atoms with Crippen LogP contribution in [0.3, 0.4) is 0 Å². The molecule has 1 atom stereocenters. The molecule has 1 aromatic carbocycles. The average Bonchev–Trinajstić information content (AvgIpc) is 2.18. The van der Waals surface area contributed by atoms with Gasteiger partial charge in [0.2, 0.25) is 0 Å². The summed E-state index contributed by atoms with van der Waals surface area (Å²) in [5.74, 6) is 0. The minimum Gasteiger partial charge on any atom is -0.0906 e. The van der Waals surface area contributed by atoms with Gasteiger partial charge in [-0.1, -0.05) is 43.2 Å². The fourth-order valence-electron chi connectivity index (χ4n) is 1.45. The van der Waals surface area contributed by atoms with Gasteiger partial charge in [-0.25, -0.2) is 0 Å². The highest BCUT2D eigenvalue weighted by Crippen LogP contribution is 2.09. The second-order valence-corrected chi connectivity index (χ2v) is 3.43. The summed E-state index contributed by atoms with van der Waals surface area (Å²) in [5.41, 5.74) is 10.8. The van der Waals surface area contributed by atoms with Gasteiger partial charge in [0.05, 0.1) is 0 Å². The molecule has 0 amide bonds. The van der Waals surface area contributed by atoms with Gasteiger partial charge in [-0.05, 0) is 29.5 Å². The zero-order valence-corrected chi connectivity index (χ0v) is 8.64. The van der Waals surface area contributed by atoms with Crippen molar-refractivity contribution in [3.8, 4) is 0 Å². The lowest BCUT2D eigenvalue weighted by molar-refractivity contribution is 0.730. The highest BCUT2D eigenvalue weighted by molar-refractivity contribution is 5.24. The third-order valence-corrected chi connectivity index (χ3v) is 2.18. The molecule has 14 heavy (non-hydrogen) atoms. The molecule has 0 saturated carbocycles. The largest absolute Gasteiger partial charge is 0.0906 e. The molecule has 0 radical (unpaired) electrons. The predicted octanol–water partition coefficient (Wildman–Crippen LogP) is 3.49. The Bertz CT molecular complexity index is 340. The first-order chi connectivity index (χ1) is 6.76. The van der Waals surface area contributed by atoms with Crippen LogP contribution in [0.15, 0.2) is 29.4 Å². The highest BCUT2D eigenvalue weighted by Gasteiger charge is 2.00. The van der Waals surface area contributed by atoms with E-state index < -0.39 is 0 Å². The van der Waals surface area contributed by atoms with Crippen LogP contribution in [0.25, 0.3) is 10.4 Å². The van der Waals surface area contributed by atoms with Crippen LogP contribution >= 0.6 is 0 Å². The Balaban J connectivity index is 2.71. The fourth-order valence-corrected chi connectivity index (χ4v) is 1.45. The van der Waals surface area contributed by atoms with E-state index >= 15 is 0 Å². The first-order valence-corrected chi connectivity index (χ1v) is 4.88. The Labute approximate surface area is 84.4 Å². The Morgan fingerprint density at radius 1 is 1.43 bits per heavy atom. The number of hydrogen-bond acceptors (Lipinski definition) is 1. The van der Waals surface area contributed by atoms with Crippen molar-refractivity contribution in [2.24, 2.45) is 5.11 Å². The molecule has 3 heteroatoms. The number of benzene rings is 1. The van der Waals surface area contributed by atoms with E-state index in [-0.39, 0.29) is 6.04 Å². The Morgan fingerprint density at radius 3 is 2.79 bits per heavy atom. The van der Waals surface area contributed by atoms with E-state index in [1.807, 2.05) is 6.92 Å². The first kappa shape index (κ1) is 10.6. The highest BCUT2D eigenvalue weighted by atomic mass is 15.1. The second-order valence-electron chi connectivity index (χ2n) is 3.43. The molecule has 0 bridgehead atoms. The molecule has 1 rings (SSSR count). The molecule has 0 saturated heterocycles. The summed E-state index contributed by atoms with van der Waals surface area (Å²) in [4.78, 5) is 2.80. The molecule has 0 aromatic heterocycles. The Hall–Kier alpha value is -1.47. The van der Waals surface area contributed by atoms with Crippen molar-refractivity contribution in [3.63, 3.8) is 0 Å². The number of aryl methyl sites for hydroxylation is 1. The SMILES string of the molecule is CCc1cccc(CC(C)N=[N+]=[N-])c1. The number of hydrogen-bond donors (Lipinski definition) is 0. The van der Waals surface area contributed by atoms with Gasteiger partial charge < -0.3 is 0 Å². The van der Waals surface area contributed by atoms with Gasteiger partial charge in [0.25, 0.3) is 0 Å². The van der Waals surface area contributed by atoms with Gasteiger partial charge in [0.15, 0.2) is 0 Å². The molecule has 0 spiro atoms. The average molecular weight is 189 g/mol. The lowest BCUT2D eigenvalue weighted by Gasteiger charge is -2.05. The summed E-state index contributed by atoms with van der Waals surface area (Å²) in [6.45, 7) is 4.06. The minimum absolute atomic E-state index is 0.0344. The standard InChI is InChI=1S/C11H15N3/c1-3-10-5-4-6-11(8-10)7-9(2)13-14-12/h4-6,8-9H,3,7H2,1-2H3. The van der Waals surface area contributed by atoms with Crippen molar-refractivity contribution >= 4 is 0 Å². The van der Waals surface area contributed by atoms with Crippen molar-refractivity contribution in [2.75, 3.05) is 0 Å². The topological polar surface area (TPSA) is 48.8 Å². The number of azide groups is 1. The summed E-state index contributed by atoms with van der Waals surface area (Å²) in [6.07, 6.45) is 1.86. The van der Waals surface area contributed by atoms with E-state index in [1.54, 1.807) is 0 Å². The lowest BCUT2D eigenvalue weighted by Crippen LogP contribution is -2.01. The molecular formula is C11H15N3. The molecule has 0 aliphatic heterocycles. The first-order valence-electron chi connectivity index (χ1n) is 4.88. The molecule has 0 N–H and O–H groups in total.